The highest BCUT2D eigenvalue weighted by molar-refractivity contribution is 7.99. The highest BCUT2D eigenvalue weighted by Gasteiger charge is 2.41. The number of aliphatic hydroxyl groups excluding tert-OH is 1. The number of ether oxygens (including phenoxy) is 2. The van der Waals surface area contributed by atoms with Gasteiger partial charge in [0, 0.05) is 24.1 Å². The Hall–Kier alpha value is -2.90. The van der Waals surface area contributed by atoms with Gasteiger partial charge in [0.1, 0.15) is 6.10 Å². The molecule has 37 heavy (non-hydrogen) atoms. The van der Waals surface area contributed by atoms with E-state index in [9.17, 15) is 18.7 Å². The molecule has 1 saturated carbocycles. The minimum absolute atomic E-state index is 0.0145. The van der Waals surface area contributed by atoms with Crippen LogP contribution >= 0.6 is 11.8 Å². The molecule has 1 aliphatic heterocycles. The van der Waals surface area contributed by atoms with E-state index in [0.29, 0.717) is 41.5 Å². The van der Waals surface area contributed by atoms with Crippen molar-refractivity contribution in [2.45, 2.75) is 68.0 Å². The first-order chi connectivity index (χ1) is 18.0. The second-order valence-electron chi connectivity index (χ2n) is 9.21. The van der Waals surface area contributed by atoms with Crippen molar-refractivity contribution in [2.75, 3.05) is 24.3 Å². The number of thioether (sulfide) groups is 1. The number of nitrogens with zero attached hydrogens (tertiary/aromatic N) is 5. The molecule has 1 aliphatic carbocycles. The zero-order valence-corrected chi connectivity index (χ0v) is 21.0. The van der Waals surface area contributed by atoms with Crippen molar-refractivity contribution in [1.29, 1.82) is 0 Å². The summed E-state index contributed by atoms with van der Waals surface area (Å²) in [4.78, 5) is 19.9. The fourth-order valence-corrected chi connectivity index (χ4v) is 5.40. The second-order valence-corrected chi connectivity index (χ2v) is 10.3. The molecule has 3 aromatic rings. The van der Waals surface area contributed by atoms with E-state index in [0.717, 1.165) is 30.2 Å². The third-order valence-corrected chi connectivity index (χ3v) is 7.70. The Morgan fingerprint density at radius 2 is 2.16 bits per heavy atom. The standard InChI is InChI=1S/C24H28F2N6O4S/c1-2-7-37-24-28-22(27-18-10-15(18)13-3-4-16(25)17(26)8-13)21-23(29-24)32(31-30-21)19-9-14(5-6-35-12-34)36-20(19)11-33/h3-4,8,12,14-15,18-20,33H,2,5-7,9-11H2,1H3,(H,27,28,29)/t14-,15-,18+,19+,20-/m0/s1. The van der Waals surface area contributed by atoms with Gasteiger partial charge in [-0.25, -0.2) is 23.4 Å². The molecule has 0 bridgehead atoms. The van der Waals surface area contributed by atoms with Crippen LogP contribution in [0.2, 0.25) is 0 Å². The molecule has 2 N–H and O–H groups in total. The van der Waals surface area contributed by atoms with Crippen molar-refractivity contribution in [3.8, 4) is 0 Å². The van der Waals surface area contributed by atoms with Gasteiger partial charge in [-0.15, -0.1) is 5.10 Å². The van der Waals surface area contributed by atoms with Crippen LogP contribution in [0.3, 0.4) is 0 Å². The number of hydrogen-bond acceptors (Lipinski definition) is 10. The molecule has 0 amide bonds. The Balaban J connectivity index is 1.41. The molecule has 198 valence electrons. The number of rotatable bonds is 12. The van der Waals surface area contributed by atoms with E-state index in [1.54, 1.807) is 10.7 Å². The van der Waals surface area contributed by atoms with E-state index in [-0.39, 0.29) is 37.3 Å². The number of carbonyl (C=O) groups is 1. The molecule has 5 rings (SSSR count). The lowest BCUT2D eigenvalue weighted by molar-refractivity contribution is -0.129. The average Bonchev–Trinajstić information content (AvgIpc) is 3.33. The van der Waals surface area contributed by atoms with Gasteiger partial charge < -0.3 is 19.9 Å². The lowest BCUT2D eigenvalue weighted by atomic mass is 10.1. The maximum Gasteiger partial charge on any atom is 0.293 e. The van der Waals surface area contributed by atoms with Crippen LogP contribution in [-0.4, -0.2) is 73.8 Å². The molecule has 2 aromatic heterocycles. The van der Waals surface area contributed by atoms with Gasteiger partial charge in [0.05, 0.1) is 25.4 Å². The summed E-state index contributed by atoms with van der Waals surface area (Å²) >= 11 is 1.52. The molecular formula is C24H28F2N6O4S. The van der Waals surface area contributed by atoms with E-state index in [2.05, 4.69) is 27.5 Å². The van der Waals surface area contributed by atoms with E-state index >= 15 is 0 Å². The van der Waals surface area contributed by atoms with Crippen LogP contribution in [0.15, 0.2) is 23.4 Å². The molecule has 10 nitrogen and oxygen atoms in total. The van der Waals surface area contributed by atoms with Crippen molar-refractivity contribution in [3.05, 3.63) is 35.4 Å². The molecule has 2 fully saturated rings. The molecule has 2 aliphatic rings. The van der Waals surface area contributed by atoms with Gasteiger partial charge in [0.25, 0.3) is 6.47 Å². The minimum atomic E-state index is -0.865. The largest absolute Gasteiger partial charge is 0.468 e. The van der Waals surface area contributed by atoms with Crippen LogP contribution in [0, 0.1) is 11.6 Å². The van der Waals surface area contributed by atoms with Gasteiger partial charge in [-0.05, 0) is 37.0 Å². The molecule has 13 heteroatoms. The van der Waals surface area contributed by atoms with Gasteiger partial charge in [-0.2, -0.15) is 0 Å². The number of carbonyl (C=O) groups excluding carboxylic acids is 1. The fourth-order valence-electron chi connectivity index (χ4n) is 4.70. The van der Waals surface area contributed by atoms with Crippen molar-refractivity contribution in [2.24, 2.45) is 0 Å². The first kappa shape index (κ1) is 25.7. The summed E-state index contributed by atoms with van der Waals surface area (Å²) in [5, 5.41) is 22.6. The van der Waals surface area contributed by atoms with Gasteiger partial charge in [0.2, 0.25) is 0 Å². The van der Waals surface area contributed by atoms with Crippen molar-refractivity contribution in [3.63, 3.8) is 0 Å². The number of halogens is 2. The first-order valence-corrected chi connectivity index (χ1v) is 13.3. The van der Waals surface area contributed by atoms with Crippen molar-refractivity contribution in [1.82, 2.24) is 25.0 Å². The van der Waals surface area contributed by atoms with E-state index in [1.807, 2.05) is 0 Å². The van der Waals surface area contributed by atoms with E-state index in [4.69, 9.17) is 14.5 Å². The van der Waals surface area contributed by atoms with Crippen LogP contribution < -0.4 is 5.32 Å². The highest BCUT2D eigenvalue weighted by Crippen LogP contribution is 2.44. The Kier molecular flexibility index (Phi) is 7.81. The van der Waals surface area contributed by atoms with Crippen LogP contribution in [0.4, 0.5) is 14.6 Å². The van der Waals surface area contributed by atoms with E-state index < -0.39 is 17.7 Å². The zero-order chi connectivity index (χ0) is 25.9. The highest BCUT2D eigenvalue weighted by atomic mass is 32.2. The Labute approximate surface area is 216 Å². The third kappa shape index (κ3) is 5.53. The van der Waals surface area contributed by atoms with Crippen molar-refractivity contribution >= 4 is 35.2 Å². The summed E-state index contributed by atoms with van der Waals surface area (Å²) in [5.41, 5.74) is 1.74. The SMILES string of the molecule is CCCSc1nc(N[C@@H]2C[C@H]2c2ccc(F)c(F)c2)c2nnn([C@@H]3C[C@H](CCOC=O)O[C@H]3CO)c2n1. The lowest BCUT2D eigenvalue weighted by Crippen LogP contribution is -2.25. The maximum atomic E-state index is 13.7. The van der Waals surface area contributed by atoms with Gasteiger partial charge in [-0.1, -0.05) is 30.0 Å². The number of aliphatic hydroxyl groups is 1. The second kappa shape index (κ2) is 11.2. The lowest BCUT2D eigenvalue weighted by Gasteiger charge is -2.16. The Morgan fingerprint density at radius 1 is 1.30 bits per heavy atom. The quantitative estimate of drug-likeness (QED) is 0.155. The number of nitrogens with one attached hydrogen (secondary N) is 1. The summed E-state index contributed by atoms with van der Waals surface area (Å²) in [6, 6.07) is 3.67. The summed E-state index contributed by atoms with van der Waals surface area (Å²) in [5.74, 6) is -0.338. The Bertz CT molecular complexity index is 1260. The number of aromatic nitrogens is 5. The molecule has 1 saturated heterocycles. The smallest absolute Gasteiger partial charge is 0.293 e. The maximum absolute atomic E-state index is 13.7. The zero-order valence-electron chi connectivity index (χ0n) is 20.2. The monoisotopic (exact) mass is 534 g/mol. The van der Waals surface area contributed by atoms with Gasteiger partial charge in [-0.3, -0.25) is 4.79 Å². The average molecular weight is 535 g/mol. The predicted molar refractivity (Wildman–Crippen MR) is 131 cm³/mol. The third-order valence-electron chi connectivity index (χ3n) is 6.64. The molecule has 3 heterocycles. The predicted octanol–water partition coefficient (Wildman–Crippen LogP) is 3.22. The van der Waals surface area contributed by atoms with Gasteiger partial charge in [0.15, 0.2) is 33.8 Å². The molecule has 5 atom stereocenters. The van der Waals surface area contributed by atoms with Gasteiger partial charge >= 0.3 is 0 Å². The molecule has 1 aromatic carbocycles. The molecule has 0 radical (unpaired) electrons. The summed E-state index contributed by atoms with van der Waals surface area (Å²) in [6.45, 7) is 2.50. The minimum Gasteiger partial charge on any atom is -0.468 e. The number of fused-ring (bicyclic) bond motifs is 1. The van der Waals surface area contributed by atoms with Crippen LogP contribution in [0.5, 0.6) is 0 Å². The summed E-state index contributed by atoms with van der Waals surface area (Å²) in [7, 11) is 0. The fraction of sp³-hybridized carbons (Fsp3) is 0.542. The Morgan fingerprint density at radius 3 is 2.92 bits per heavy atom. The first-order valence-electron chi connectivity index (χ1n) is 12.3. The van der Waals surface area contributed by atoms with Crippen LogP contribution in [-0.2, 0) is 14.3 Å². The molecule has 0 unspecified atom stereocenters. The van der Waals surface area contributed by atoms with Crippen LogP contribution in [0.25, 0.3) is 11.2 Å². The van der Waals surface area contributed by atoms with Crippen LogP contribution in [0.1, 0.15) is 50.1 Å². The summed E-state index contributed by atoms with van der Waals surface area (Å²) in [6.07, 6.45) is 2.03. The number of hydrogen-bond donors (Lipinski definition) is 2. The molecular weight excluding hydrogens is 506 g/mol. The molecule has 0 spiro atoms. The van der Waals surface area contributed by atoms with E-state index in [1.165, 1.54) is 17.8 Å². The number of anilines is 1. The van der Waals surface area contributed by atoms with Crippen molar-refractivity contribution < 1.29 is 28.2 Å². The number of benzene rings is 1. The normalized spacial score (nSPS) is 24.9. The summed E-state index contributed by atoms with van der Waals surface area (Å²) < 4.78 is 39.5. The topological polar surface area (TPSA) is 124 Å².